The summed E-state index contributed by atoms with van der Waals surface area (Å²) < 4.78 is 44.4. The summed E-state index contributed by atoms with van der Waals surface area (Å²) >= 11 is 0. The Morgan fingerprint density at radius 1 is 1.13 bits per heavy atom. The predicted molar refractivity (Wildman–Crippen MR) is 110 cm³/mol. The van der Waals surface area contributed by atoms with Crippen LogP contribution in [0.3, 0.4) is 0 Å². The zero-order chi connectivity index (χ0) is 22.0. The maximum Gasteiger partial charge on any atom is 0.416 e. The van der Waals surface area contributed by atoms with E-state index in [0.717, 1.165) is 56.3 Å². The van der Waals surface area contributed by atoms with Crippen LogP contribution in [0.25, 0.3) is 0 Å². The van der Waals surface area contributed by atoms with Crippen LogP contribution >= 0.6 is 0 Å². The fourth-order valence-corrected chi connectivity index (χ4v) is 4.54. The summed E-state index contributed by atoms with van der Waals surface area (Å²) in [5.74, 6) is 0. The standard InChI is InChI=1S/C23H33F3N2O2/c1-21(2,3)30-20(29)27-22(10-5-4-6-11-22)12-14-28-13-9-17-15-19(23(24,25)26)8-7-18(17)16-28/h7-8,15H,4-6,9-14,16H2,1-3H3,(H,27,29). The lowest BCUT2D eigenvalue weighted by atomic mass is 9.79. The van der Waals surface area contributed by atoms with Crippen LogP contribution in [0.5, 0.6) is 0 Å². The Balaban J connectivity index is 1.62. The third-order valence-corrected chi connectivity index (χ3v) is 6.11. The molecule has 7 heteroatoms. The van der Waals surface area contributed by atoms with Crippen molar-refractivity contribution >= 4 is 6.09 Å². The van der Waals surface area contributed by atoms with Crippen LogP contribution in [0.4, 0.5) is 18.0 Å². The molecule has 1 aromatic carbocycles. The summed E-state index contributed by atoms with van der Waals surface area (Å²) in [6.45, 7) is 7.75. The van der Waals surface area contributed by atoms with Crippen molar-refractivity contribution < 1.29 is 22.7 Å². The first-order valence-electron chi connectivity index (χ1n) is 10.9. The number of carbonyl (C=O) groups excluding carboxylic acids is 1. The van der Waals surface area contributed by atoms with Crippen molar-refractivity contribution in [3.05, 3.63) is 34.9 Å². The summed E-state index contributed by atoms with van der Waals surface area (Å²) in [6.07, 6.45) is 1.99. The molecule has 30 heavy (non-hydrogen) atoms. The molecule has 1 amide bonds. The molecule has 0 atom stereocenters. The minimum Gasteiger partial charge on any atom is -0.444 e. The summed E-state index contributed by atoms with van der Waals surface area (Å²) in [4.78, 5) is 14.7. The van der Waals surface area contributed by atoms with E-state index in [2.05, 4.69) is 10.2 Å². The van der Waals surface area contributed by atoms with Crippen LogP contribution in [0, 0.1) is 0 Å². The zero-order valence-electron chi connectivity index (χ0n) is 18.2. The first-order valence-corrected chi connectivity index (χ1v) is 10.9. The molecule has 0 saturated heterocycles. The van der Waals surface area contributed by atoms with Crippen LogP contribution in [-0.4, -0.2) is 35.2 Å². The number of amides is 1. The van der Waals surface area contributed by atoms with Gasteiger partial charge in [-0.1, -0.05) is 25.3 Å². The molecule has 4 nitrogen and oxygen atoms in total. The van der Waals surface area contributed by atoms with E-state index < -0.39 is 17.3 Å². The van der Waals surface area contributed by atoms with Crippen molar-refractivity contribution in [3.63, 3.8) is 0 Å². The molecule has 0 aromatic heterocycles. The lowest BCUT2D eigenvalue weighted by Gasteiger charge is -2.40. The molecular formula is C23H33F3N2O2. The van der Waals surface area contributed by atoms with Gasteiger partial charge in [0.05, 0.1) is 5.56 Å². The van der Waals surface area contributed by atoms with Crippen molar-refractivity contribution in [1.29, 1.82) is 0 Å². The Morgan fingerprint density at radius 2 is 1.83 bits per heavy atom. The normalized spacial score (nSPS) is 19.8. The number of hydrogen-bond acceptors (Lipinski definition) is 3. The van der Waals surface area contributed by atoms with E-state index in [1.807, 2.05) is 20.8 Å². The molecule has 0 unspecified atom stereocenters. The number of halogens is 3. The highest BCUT2D eigenvalue weighted by molar-refractivity contribution is 5.68. The van der Waals surface area contributed by atoms with Crippen molar-refractivity contribution in [2.75, 3.05) is 13.1 Å². The lowest BCUT2D eigenvalue weighted by Crippen LogP contribution is -2.52. The topological polar surface area (TPSA) is 41.6 Å². The SMILES string of the molecule is CC(C)(C)OC(=O)NC1(CCN2CCc3cc(C(F)(F)F)ccc3C2)CCCCC1. The molecule has 1 aliphatic carbocycles. The number of alkyl halides is 3. The van der Waals surface area contributed by atoms with E-state index in [1.54, 1.807) is 6.07 Å². The van der Waals surface area contributed by atoms with Gasteiger partial charge in [-0.05, 0) is 69.7 Å². The van der Waals surface area contributed by atoms with E-state index in [0.29, 0.717) is 13.0 Å². The minimum absolute atomic E-state index is 0.263. The van der Waals surface area contributed by atoms with Gasteiger partial charge in [-0.2, -0.15) is 13.2 Å². The third-order valence-electron chi connectivity index (χ3n) is 6.11. The van der Waals surface area contributed by atoms with E-state index in [9.17, 15) is 18.0 Å². The number of carbonyl (C=O) groups is 1. The van der Waals surface area contributed by atoms with Crippen LogP contribution in [0.2, 0.25) is 0 Å². The molecule has 168 valence electrons. The highest BCUT2D eigenvalue weighted by Gasteiger charge is 2.36. The van der Waals surface area contributed by atoms with Gasteiger partial charge in [0.25, 0.3) is 0 Å². The minimum atomic E-state index is -4.30. The van der Waals surface area contributed by atoms with Crippen LogP contribution in [0.15, 0.2) is 18.2 Å². The molecule has 1 fully saturated rings. The van der Waals surface area contributed by atoms with Crippen molar-refractivity contribution in [1.82, 2.24) is 10.2 Å². The first kappa shape index (κ1) is 22.9. The smallest absolute Gasteiger partial charge is 0.416 e. The zero-order valence-corrected chi connectivity index (χ0v) is 18.2. The van der Waals surface area contributed by atoms with E-state index in [-0.39, 0.29) is 11.6 Å². The maximum absolute atomic E-state index is 13.0. The van der Waals surface area contributed by atoms with E-state index in [1.165, 1.54) is 18.6 Å². The number of nitrogens with one attached hydrogen (secondary N) is 1. The highest BCUT2D eigenvalue weighted by Crippen LogP contribution is 2.34. The number of fused-ring (bicyclic) bond motifs is 1. The average molecular weight is 427 g/mol. The summed E-state index contributed by atoms with van der Waals surface area (Å²) in [5, 5.41) is 3.16. The molecule has 0 bridgehead atoms. The van der Waals surface area contributed by atoms with Crippen molar-refractivity contribution in [2.24, 2.45) is 0 Å². The molecule has 2 aliphatic rings. The molecule has 1 aromatic rings. The van der Waals surface area contributed by atoms with E-state index >= 15 is 0 Å². The van der Waals surface area contributed by atoms with Gasteiger partial charge < -0.3 is 10.1 Å². The van der Waals surface area contributed by atoms with Crippen LogP contribution < -0.4 is 5.32 Å². The Labute approximate surface area is 177 Å². The monoisotopic (exact) mass is 426 g/mol. The molecule has 1 aliphatic heterocycles. The second-order valence-electron chi connectivity index (χ2n) is 9.73. The lowest BCUT2D eigenvalue weighted by molar-refractivity contribution is -0.137. The average Bonchev–Trinajstić information content (AvgIpc) is 2.64. The van der Waals surface area contributed by atoms with Gasteiger partial charge in [-0.25, -0.2) is 4.79 Å². The second-order valence-corrected chi connectivity index (χ2v) is 9.73. The van der Waals surface area contributed by atoms with Gasteiger partial charge in [0.1, 0.15) is 5.60 Å². The summed E-state index contributed by atoms with van der Waals surface area (Å²) in [7, 11) is 0. The van der Waals surface area contributed by atoms with Gasteiger partial charge >= 0.3 is 12.3 Å². The Kier molecular flexibility index (Phi) is 6.70. The predicted octanol–water partition coefficient (Wildman–Crippen LogP) is 5.68. The molecule has 1 saturated carbocycles. The second kappa shape index (κ2) is 8.77. The number of alkyl carbamates (subject to hydrolysis) is 1. The number of benzene rings is 1. The van der Waals surface area contributed by atoms with Gasteiger partial charge in [-0.3, -0.25) is 4.90 Å². The molecule has 1 heterocycles. The highest BCUT2D eigenvalue weighted by atomic mass is 19.4. The largest absolute Gasteiger partial charge is 0.444 e. The van der Waals surface area contributed by atoms with Crippen molar-refractivity contribution in [2.45, 2.75) is 89.6 Å². The Hall–Kier alpha value is -1.76. The Morgan fingerprint density at radius 3 is 2.47 bits per heavy atom. The number of nitrogens with zero attached hydrogens (tertiary/aromatic N) is 1. The third kappa shape index (κ3) is 6.13. The van der Waals surface area contributed by atoms with Gasteiger partial charge in [-0.15, -0.1) is 0 Å². The molecule has 3 rings (SSSR count). The quantitative estimate of drug-likeness (QED) is 0.673. The van der Waals surface area contributed by atoms with Crippen LogP contribution in [0.1, 0.15) is 76.0 Å². The molecular weight excluding hydrogens is 393 g/mol. The molecule has 0 radical (unpaired) electrons. The molecule has 0 spiro atoms. The fraction of sp³-hybridized carbons (Fsp3) is 0.696. The van der Waals surface area contributed by atoms with Gasteiger partial charge in [0, 0.05) is 25.2 Å². The maximum atomic E-state index is 13.0. The summed E-state index contributed by atoms with van der Waals surface area (Å²) in [5.41, 5.74) is 0.386. The number of hydrogen-bond donors (Lipinski definition) is 1. The summed E-state index contributed by atoms with van der Waals surface area (Å²) in [6, 6.07) is 4.08. The van der Waals surface area contributed by atoms with Crippen LogP contribution in [-0.2, 0) is 23.9 Å². The van der Waals surface area contributed by atoms with E-state index in [4.69, 9.17) is 4.74 Å². The van der Waals surface area contributed by atoms with Gasteiger partial charge in [0.15, 0.2) is 0 Å². The Bertz CT molecular complexity index is 750. The number of ether oxygens (including phenoxy) is 1. The first-order chi connectivity index (χ1) is 14.0. The van der Waals surface area contributed by atoms with Crippen molar-refractivity contribution in [3.8, 4) is 0 Å². The molecule has 1 N–H and O–H groups in total. The fourth-order valence-electron chi connectivity index (χ4n) is 4.54. The van der Waals surface area contributed by atoms with Gasteiger partial charge in [0.2, 0.25) is 0 Å². The number of rotatable bonds is 4.